The predicted molar refractivity (Wildman–Crippen MR) is 69.2 cm³/mol. The second-order valence-corrected chi connectivity index (χ2v) is 7.66. The fraction of sp³-hybridized carbons (Fsp3) is 0.538. The lowest BCUT2D eigenvalue weighted by atomic mass is 9.98. The number of hydrogen-bond donors (Lipinski definition) is 1. The van der Waals surface area contributed by atoms with Gasteiger partial charge in [-0.1, -0.05) is 0 Å². The zero-order chi connectivity index (χ0) is 16.2. The standard InChI is InChI=1S/C13H14F4N2O2S/c14-8-3-9(15)12(17)13(11(8)16)22(20,21)19-4-6-1-2-10(18)7(6)5-19/h3,6-7,10H,1-2,4-5,18H2. The lowest BCUT2D eigenvalue weighted by Crippen LogP contribution is -2.34. The first-order chi connectivity index (χ1) is 10.2. The van der Waals surface area contributed by atoms with Crippen LogP contribution >= 0.6 is 0 Å². The molecule has 2 N–H and O–H groups in total. The van der Waals surface area contributed by atoms with E-state index in [4.69, 9.17) is 5.73 Å². The molecule has 122 valence electrons. The molecule has 0 radical (unpaired) electrons. The Kier molecular flexibility index (Phi) is 3.69. The van der Waals surface area contributed by atoms with Crippen molar-refractivity contribution in [1.82, 2.24) is 4.31 Å². The highest BCUT2D eigenvalue weighted by Gasteiger charge is 2.46. The molecule has 9 heteroatoms. The van der Waals surface area contributed by atoms with Gasteiger partial charge in [-0.2, -0.15) is 4.31 Å². The Morgan fingerprint density at radius 3 is 2.18 bits per heavy atom. The van der Waals surface area contributed by atoms with E-state index in [0.717, 1.165) is 17.1 Å². The highest BCUT2D eigenvalue weighted by Crippen LogP contribution is 2.40. The lowest BCUT2D eigenvalue weighted by molar-refractivity contribution is 0.395. The van der Waals surface area contributed by atoms with Crippen molar-refractivity contribution in [3.8, 4) is 0 Å². The maximum absolute atomic E-state index is 13.7. The molecule has 0 spiro atoms. The van der Waals surface area contributed by atoms with Gasteiger partial charge in [0.05, 0.1) is 0 Å². The van der Waals surface area contributed by atoms with E-state index in [2.05, 4.69) is 0 Å². The van der Waals surface area contributed by atoms with E-state index in [1.807, 2.05) is 0 Å². The molecule has 2 aliphatic rings. The van der Waals surface area contributed by atoms with E-state index in [1.54, 1.807) is 0 Å². The Morgan fingerprint density at radius 2 is 1.64 bits per heavy atom. The van der Waals surface area contributed by atoms with Gasteiger partial charge in [0.1, 0.15) is 0 Å². The predicted octanol–water partition coefficient (Wildman–Crippen LogP) is 1.60. The minimum absolute atomic E-state index is 0.00514. The van der Waals surface area contributed by atoms with Crippen LogP contribution in [0.1, 0.15) is 12.8 Å². The summed E-state index contributed by atoms with van der Waals surface area (Å²) in [6, 6.07) is -0.192. The Bertz CT molecular complexity index is 699. The van der Waals surface area contributed by atoms with Gasteiger partial charge >= 0.3 is 0 Å². The van der Waals surface area contributed by atoms with Crippen molar-refractivity contribution in [2.24, 2.45) is 17.6 Å². The van der Waals surface area contributed by atoms with Gasteiger partial charge < -0.3 is 5.73 Å². The number of rotatable bonds is 2. The zero-order valence-corrected chi connectivity index (χ0v) is 12.2. The van der Waals surface area contributed by atoms with Crippen molar-refractivity contribution in [2.45, 2.75) is 23.8 Å². The van der Waals surface area contributed by atoms with E-state index < -0.39 is 38.2 Å². The summed E-state index contributed by atoms with van der Waals surface area (Å²) in [4.78, 5) is -1.57. The highest BCUT2D eigenvalue weighted by molar-refractivity contribution is 7.89. The van der Waals surface area contributed by atoms with Crippen molar-refractivity contribution in [3.05, 3.63) is 29.3 Å². The van der Waals surface area contributed by atoms with Gasteiger partial charge in [-0.3, -0.25) is 0 Å². The molecule has 22 heavy (non-hydrogen) atoms. The Morgan fingerprint density at radius 1 is 1.05 bits per heavy atom. The molecule has 1 aromatic carbocycles. The third-order valence-corrected chi connectivity index (χ3v) is 6.40. The van der Waals surface area contributed by atoms with Gasteiger partial charge in [0, 0.05) is 25.2 Å². The summed E-state index contributed by atoms with van der Waals surface area (Å²) in [5.74, 6) is -7.38. The summed E-state index contributed by atoms with van der Waals surface area (Å²) >= 11 is 0. The van der Waals surface area contributed by atoms with Crippen LogP contribution in [0.15, 0.2) is 11.0 Å². The average molecular weight is 338 g/mol. The van der Waals surface area contributed by atoms with E-state index in [1.165, 1.54) is 0 Å². The van der Waals surface area contributed by atoms with E-state index in [9.17, 15) is 26.0 Å². The van der Waals surface area contributed by atoms with Crippen molar-refractivity contribution >= 4 is 10.0 Å². The van der Waals surface area contributed by atoms with E-state index >= 15 is 0 Å². The Balaban J connectivity index is 2.02. The van der Waals surface area contributed by atoms with Crippen LogP contribution in [0, 0.1) is 35.1 Å². The molecular formula is C13H14F4N2O2S. The number of nitrogens with zero attached hydrogens (tertiary/aromatic N) is 1. The van der Waals surface area contributed by atoms with Gasteiger partial charge in [-0.25, -0.2) is 26.0 Å². The molecule has 1 saturated carbocycles. The molecule has 1 aromatic rings. The first-order valence-electron chi connectivity index (χ1n) is 6.82. The molecule has 1 saturated heterocycles. The fourth-order valence-electron chi connectivity index (χ4n) is 3.37. The summed E-state index contributed by atoms with van der Waals surface area (Å²) in [5.41, 5.74) is 5.88. The smallest absolute Gasteiger partial charge is 0.249 e. The molecule has 0 amide bonds. The number of hydrogen-bond acceptors (Lipinski definition) is 3. The van der Waals surface area contributed by atoms with Crippen molar-refractivity contribution in [1.29, 1.82) is 0 Å². The molecule has 3 rings (SSSR count). The summed E-state index contributed by atoms with van der Waals surface area (Å²) in [6.07, 6.45) is 1.49. The quantitative estimate of drug-likeness (QED) is 0.658. The molecule has 0 bridgehead atoms. The number of nitrogens with two attached hydrogens (primary N) is 1. The average Bonchev–Trinajstić information content (AvgIpc) is 3.00. The topological polar surface area (TPSA) is 63.4 Å². The minimum atomic E-state index is -4.66. The molecule has 4 nitrogen and oxygen atoms in total. The first kappa shape index (κ1) is 15.7. The molecule has 3 unspecified atom stereocenters. The van der Waals surface area contributed by atoms with Crippen LogP contribution in [0.4, 0.5) is 17.6 Å². The highest BCUT2D eigenvalue weighted by atomic mass is 32.2. The zero-order valence-electron chi connectivity index (χ0n) is 11.4. The summed E-state index contributed by atoms with van der Waals surface area (Å²) in [6.45, 7) is 0.0584. The van der Waals surface area contributed by atoms with Crippen LogP contribution in [-0.4, -0.2) is 31.9 Å². The summed E-state index contributed by atoms with van der Waals surface area (Å²) < 4.78 is 79.6. The molecule has 1 heterocycles. The minimum Gasteiger partial charge on any atom is -0.327 e. The largest absolute Gasteiger partial charge is 0.327 e. The van der Waals surface area contributed by atoms with Crippen molar-refractivity contribution < 1.29 is 26.0 Å². The van der Waals surface area contributed by atoms with Crippen LogP contribution in [0.5, 0.6) is 0 Å². The maximum atomic E-state index is 13.7. The van der Waals surface area contributed by atoms with Crippen molar-refractivity contribution in [3.63, 3.8) is 0 Å². The number of sulfonamides is 1. The number of fused-ring (bicyclic) bond motifs is 1. The third-order valence-electron chi connectivity index (χ3n) is 4.55. The van der Waals surface area contributed by atoms with Gasteiger partial charge in [-0.05, 0) is 24.7 Å². The lowest BCUT2D eigenvalue weighted by Gasteiger charge is -2.19. The Hall–Kier alpha value is -1.19. The monoisotopic (exact) mass is 338 g/mol. The van der Waals surface area contributed by atoms with Gasteiger partial charge in [0.15, 0.2) is 28.2 Å². The van der Waals surface area contributed by atoms with Crippen molar-refractivity contribution in [2.75, 3.05) is 13.1 Å². The van der Waals surface area contributed by atoms with Gasteiger partial charge in [-0.15, -0.1) is 0 Å². The molecule has 0 aromatic heterocycles. The van der Waals surface area contributed by atoms with E-state index in [-0.39, 0.29) is 37.0 Å². The summed E-state index contributed by atoms with van der Waals surface area (Å²) in [5, 5.41) is 0. The van der Waals surface area contributed by atoms with Crippen LogP contribution in [-0.2, 0) is 10.0 Å². The van der Waals surface area contributed by atoms with Crippen LogP contribution in [0.25, 0.3) is 0 Å². The maximum Gasteiger partial charge on any atom is 0.249 e. The molecule has 3 atom stereocenters. The van der Waals surface area contributed by atoms with Gasteiger partial charge in [0.25, 0.3) is 0 Å². The van der Waals surface area contributed by atoms with Gasteiger partial charge in [0.2, 0.25) is 10.0 Å². The SMILES string of the molecule is NC1CCC2CN(S(=O)(=O)c3c(F)c(F)cc(F)c3F)CC12. The molecular weight excluding hydrogens is 324 g/mol. The van der Waals surface area contributed by atoms with Crippen LogP contribution < -0.4 is 5.73 Å². The number of benzene rings is 1. The summed E-state index contributed by atoms with van der Waals surface area (Å²) in [7, 11) is -4.66. The second-order valence-electron chi connectivity index (χ2n) is 5.78. The molecule has 1 aliphatic heterocycles. The van der Waals surface area contributed by atoms with Crippen LogP contribution in [0.2, 0.25) is 0 Å². The third kappa shape index (κ3) is 2.22. The Labute approximate surface area is 124 Å². The normalized spacial score (nSPS) is 29.0. The first-order valence-corrected chi connectivity index (χ1v) is 8.26. The number of halogens is 4. The fourth-order valence-corrected chi connectivity index (χ4v) is 5.03. The molecule has 1 aliphatic carbocycles. The van der Waals surface area contributed by atoms with Crippen LogP contribution in [0.3, 0.4) is 0 Å². The van der Waals surface area contributed by atoms with E-state index in [0.29, 0.717) is 0 Å². The second kappa shape index (κ2) is 5.17. The molecule has 2 fully saturated rings.